The SMILES string of the molecule is Cc1noc(C)c1S(=O)(=O)N1CCC(C(=O)Nc2nc(-c3ccc(F)c(Cl)c3)cs2)CC1. The molecule has 1 fully saturated rings. The molecule has 0 radical (unpaired) electrons. The second-order valence-corrected chi connectivity index (χ2v) is 10.6. The summed E-state index contributed by atoms with van der Waals surface area (Å²) in [6, 6.07) is 4.31. The van der Waals surface area contributed by atoms with E-state index in [1.54, 1.807) is 25.3 Å². The van der Waals surface area contributed by atoms with E-state index in [1.807, 2.05) is 0 Å². The molecule has 1 saturated heterocycles. The predicted octanol–water partition coefficient (Wildman–Crippen LogP) is 4.25. The van der Waals surface area contributed by atoms with E-state index in [2.05, 4.69) is 15.5 Å². The van der Waals surface area contributed by atoms with E-state index in [0.29, 0.717) is 34.9 Å². The molecule has 2 aromatic heterocycles. The van der Waals surface area contributed by atoms with Crippen molar-refractivity contribution in [1.29, 1.82) is 0 Å². The van der Waals surface area contributed by atoms with E-state index >= 15 is 0 Å². The summed E-state index contributed by atoms with van der Waals surface area (Å²) in [5.41, 5.74) is 1.54. The standard InChI is InChI=1S/C20H20ClFN4O4S2/c1-11-18(12(2)30-25-11)32(28,29)26-7-5-13(6-8-26)19(27)24-20-23-17(10-31-20)14-3-4-16(22)15(21)9-14/h3-4,9-10,13H,5-8H2,1-2H3,(H,23,24,27). The lowest BCUT2D eigenvalue weighted by Crippen LogP contribution is -2.41. The summed E-state index contributed by atoms with van der Waals surface area (Å²) >= 11 is 7.07. The Balaban J connectivity index is 1.38. The van der Waals surface area contributed by atoms with Gasteiger partial charge in [-0.15, -0.1) is 11.3 Å². The first-order chi connectivity index (χ1) is 15.2. The first kappa shape index (κ1) is 22.8. The second kappa shape index (κ2) is 8.89. The third-order valence-electron chi connectivity index (χ3n) is 5.34. The quantitative estimate of drug-likeness (QED) is 0.563. The van der Waals surface area contributed by atoms with Crippen LogP contribution in [0.1, 0.15) is 24.3 Å². The molecule has 1 amide bonds. The lowest BCUT2D eigenvalue weighted by molar-refractivity contribution is -0.120. The highest BCUT2D eigenvalue weighted by atomic mass is 35.5. The fraction of sp³-hybridized carbons (Fsp3) is 0.350. The van der Waals surface area contributed by atoms with E-state index in [-0.39, 0.29) is 40.6 Å². The van der Waals surface area contributed by atoms with Crippen molar-refractivity contribution in [2.75, 3.05) is 18.4 Å². The highest BCUT2D eigenvalue weighted by Crippen LogP contribution is 2.30. The second-order valence-electron chi connectivity index (χ2n) is 7.49. The minimum Gasteiger partial charge on any atom is -0.360 e. The number of piperidine rings is 1. The lowest BCUT2D eigenvalue weighted by atomic mass is 9.97. The predicted molar refractivity (Wildman–Crippen MR) is 119 cm³/mol. The molecule has 12 heteroatoms. The van der Waals surface area contributed by atoms with Gasteiger partial charge in [-0.2, -0.15) is 4.31 Å². The van der Waals surface area contributed by atoms with Gasteiger partial charge >= 0.3 is 0 Å². The first-order valence-electron chi connectivity index (χ1n) is 9.81. The van der Waals surface area contributed by atoms with Crippen molar-refractivity contribution in [3.05, 3.63) is 45.9 Å². The van der Waals surface area contributed by atoms with Gasteiger partial charge in [0, 0.05) is 30.0 Å². The molecule has 32 heavy (non-hydrogen) atoms. The fourth-order valence-corrected chi connectivity index (χ4v) is 6.32. The lowest BCUT2D eigenvalue weighted by Gasteiger charge is -2.30. The molecular weight excluding hydrogens is 479 g/mol. The summed E-state index contributed by atoms with van der Waals surface area (Å²) in [5, 5.41) is 8.68. The number of aryl methyl sites for hydroxylation is 2. The molecule has 0 spiro atoms. The van der Waals surface area contributed by atoms with E-state index < -0.39 is 15.8 Å². The van der Waals surface area contributed by atoms with Crippen LogP contribution in [0.2, 0.25) is 5.02 Å². The van der Waals surface area contributed by atoms with E-state index in [9.17, 15) is 17.6 Å². The maximum absolute atomic E-state index is 13.4. The number of carbonyl (C=O) groups is 1. The number of anilines is 1. The monoisotopic (exact) mass is 498 g/mol. The Kier molecular flexibility index (Phi) is 6.35. The van der Waals surface area contributed by atoms with Gasteiger partial charge in [0.05, 0.1) is 10.7 Å². The minimum absolute atomic E-state index is 0.000568. The van der Waals surface area contributed by atoms with Gasteiger partial charge in [0.2, 0.25) is 15.9 Å². The van der Waals surface area contributed by atoms with Crippen LogP contribution in [-0.2, 0) is 14.8 Å². The van der Waals surface area contributed by atoms with Crippen LogP contribution >= 0.6 is 22.9 Å². The number of carbonyl (C=O) groups excluding carboxylic acids is 1. The summed E-state index contributed by atoms with van der Waals surface area (Å²) < 4.78 is 45.6. The van der Waals surface area contributed by atoms with Crippen LogP contribution < -0.4 is 5.32 Å². The Morgan fingerprint density at radius 2 is 2.03 bits per heavy atom. The Morgan fingerprint density at radius 3 is 2.66 bits per heavy atom. The number of amides is 1. The van der Waals surface area contributed by atoms with Crippen molar-refractivity contribution in [1.82, 2.24) is 14.4 Å². The zero-order valence-electron chi connectivity index (χ0n) is 17.3. The molecule has 1 N–H and O–H groups in total. The van der Waals surface area contributed by atoms with Crippen LogP contribution in [0.4, 0.5) is 9.52 Å². The van der Waals surface area contributed by atoms with Crippen LogP contribution in [0.15, 0.2) is 33.0 Å². The maximum atomic E-state index is 13.4. The van der Waals surface area contributed by atoms with Crippen molar-refractivity contribution in [2.24, 2.45) is 5.92 Å². The summed E-state index contributed by atoms with van der Waals surface area (Å²) in [6.07, 6.45) is 0.778. The molecule has 4 rings (SSSR count). The molecule has 0 atom stereocenters. The van der Waals surface area contributed by atoms with Crippen LogP contribution in [-0.4, -0.2) is 41.9 Å². The summed E-state index contributed by atoms with van der Waals surface area (Å²) in [4.78, 5) is 17.2. The van der Waals surface area contributed by atoms with Gasteiger partial charge < -0.3 is 9.84 Å². The normalized spacial score (nSPS) is 15.8. The first-order valence-corrected chi connectivity index (χ1v) is 12.5. The molecule has 3 aromatic rings. The number of nitrogens with one attached hydrogen (secondary N) is 1. The molecule has 0 unspecified atom stereocenters. The van der Waals surface area contributed by atoms with Gasteiger partial charge in [-0.25, -0.2) is 17.8 Å². The van der Waals surface area contributed by atoms with Crippen LogP contribution in [0.25, 0.3) is 11.3 Å². The third-order valence-corrected chi connectivity index (χ3v) is 8.53. The number of aromatic nitrogens is 2. The van der Waals surface area contributed by atoms with Gasteiger partial charge in [0.15, 0.2) is 10.9 Å². The van der Waals surface area contributed by atoms with Crippen molar-refractivity contribution in [2.45, 2.75) is 31.6 Å². The Morgan fingerprint density at radius 1 is 1.31 bits per heavy atom. The minimum atomic E-state index is -3.72. The summed E-state index contributed by atoms with van der Waals surface area (Å²) in [7, 11) is -3.72. The van der Waals surface area contributed by atoms with Gasteiger partial charge in [-0.05, 0) is 44.9 Å². The topological polar surface area (TPSA) is 105 Å². The number of hydrogen-bond acceptors (Lipinski definition) is 7. The van der Waals surface area contributed by atoms with Crippen LogP contribution in [0, 0.1) is 25.6 Å². The van der Waals surface area contributed by atoms with Crippen molar-refractivity contribution in [3.8, 4) is 11.3 Å². The molecule has 3 heterocycles. The molecule has 0 aliphatic carbocycles. The smallest absolute Gasteiger partial charge is 0.248 e. The Bertz CT molecular complexity index is 1250. The molecule has 8 nitrogen and oxygen atoms in total. The van der Waals surface area contributed by atoms with E-state index in [1.165, 1.54) is 27.8 Å². The molecular formula is C20H20ClFN4O4S2. The average Bonchev–Trinajstić information content (AvgIpc) is 3.36. The van der Waals surface area contributed by atoms with Crippen LogP contribution in [0.5, 0.6) is 0 Å². The number of benzene rings is 1. The number of rotatable bonds is 5. The molecule has 1 aliphatic heterocycles. The molecule has 170 valence electrons. The van der Waals surface area contributed by atoms with E-state index in [4.69, 9.17) is 16.1 Å². The number of nitrogens with zero attached hydrogens (tertiary/aromatic N) is 3. The van der Waals surface area contributed by atoms with Crippen molar-refractivity contribution < 1.29 is 22.1 Å². The van der Waals surface area contributed by atoms with Gasteiger partial charge in [0.25, 0.3) is 0 Å². The van der Waals surface area contributed by atoms with Crippen molar-refractivity contribution >= 4 is 44.0 Å². The molecule has 1 aromatic carbocycles. The molecule has 1 aliphatic rings. The zero-order chi connectivity index (χ0) is 23.0. The summed E-state index contributed by atoms with van der Waals surface area (Å²) in [5.74, 6) is -0.803. The Labute approximate surface area is 193 Å². The number of hydrogen-bond donors (Lipinski definition) is 1. The number of sulfonamides is 1. The van der Waals surface area contributed by atoms with E-state index in [0.717, 1.165) is 0 Å². The highest BCUT2D eigenvalue weighted by Gasteiger charge is 2.35. The number of halogens is 2. The third kappa shape index (κ3) is 4.42. The van der Waals surface area contributed by atoms with Crippen molar-refractivity contribution in [3.63, 3.8) is 0 Å². The number of thiazole rings is 1. The van der Waals surface area contributed by atoms with Gasteiger partial charge in [0.1, 0.15) is 16.4 Å². The maximum Gasteiger partial charge on any atom is 0.248 e. The van der Waals surface area contributed by atoms with Gasteiger partial charge in [-0.1, -0.05) is 16.8 Å². The Hall–Kier alpha value is -2.34. The average molecular weight is 499 g/mol. The van der Waals surface area contributed by atoms with Gasteiger partial charge in [-0.3, -0.25) is 4.79 Å². The fourth-order valence-electron chi connectivity index (χ4n) is 3.66. The zero-order valence-corrected chi connectivity index (χ0v) is 19.7. The highest BCUT2D eigenvalue weighted by molar-refractivity contribution is 7.89. The molecule has 0 bridgehead atoms. The summed E-state index contributed by atoms with van der Waals surface area (Å²) in [6.45, 7) is 3.60. The van der Waals surface area contributed by atoms with Crippen LogP contribution in [0.3, 0.4) is 0 Å². The molecule has 0 saturated carbocycles. The largest absolute Gasteiger partial charge is 0.360 e.